The monoisotopic (exact) mass is 498 g/mol. The van der Waals surface area contributed by atoms with E-state index in [4.69, 9.17) is 13.9 Å². The van der Waals surface area contributed by atoms with Gasteiger partial charge in [0.05, 0.1) is 29.9 Å². The average Bonchev–Trinajstić information content (AvgIpc) is 3.35. The fourth-order valence-electron chi connectivity index (χ4n) is 6.95. The summed E-state index contributed by atoms with van der Waals surface area (Å²) in [7, 11) is 0. The van der Waals surface area contributed by atoms with Gasteiger partial charge in [-0.3, -0.25) is 14.4 Å². The van der Waals surface area contributed by atoms with Crippen LogP contribution in [0.25, 0.3) is 0 Å². The van der Waals surface area contributed by atoms with E-state index in [1.165, 1.54) is 30.7 Å². The number of carbonyl (C=O) groups excluding carboxylic acids is 3. The Balaban J connectivity index is 1.53. The quantitative estimate of drug-likeness (QED) is 0.618. The summed E-state index contributed by atoms with van der Waals surface area (Å²) in [5.74, 6) is -5.92. The Bertz CT molecular complexity index is 1220. The van der Waals surface area contributed by atoms with Crippen LogP contribution in [-0.2, 0) is 23.9 Å². The molecule has 5 rings (SSSR count). The molecule has 9 heteroatoms. The molecule has 2 aromatic rings. The van der Waals surface area contributed by atoms with Crippen LogP contribution in [0.2, 0.25) is 0 Å². The molecule has 0 radical (unpaired) electrons. The molecular weight excluding hydrogens is 471 g/mol. The molecule has 0 spiro atoms. The Kier molecular flexibility index (Phi) is 5.76. The number of furan rings is 1. The lowest BCUT2D eigenvalue weighted by Gasteiger charge is -2.60. The van der Waals surface area contributed by atoms with Crippen LogP contribution in [0, 0.1) is 34.4 Å². The molecule has 1 saturated heterocycles. The molecule has 1 aromatic heterocycles. The Morgan fingerprint density at radius 1 is 1.17 bits per heavy atom. The lowest BCUT2D eigenvalue weighted by atomic mass is 9.43. The van der Waals surface area contributed by atoms with Crippen molar-refractivity contribution in [1.29, 1.82) is 0 Å². The number of rotatable bonds is 4. The number of esters is 2. The molecule has 8 nitrogen and oxygen atoms in total. The second-order valence-corrected chi connectivity index (χ2v) is 10.7. The molecule has 7 unspecified atom stereocenters. The molecule has 7 atom stereocenters. The highest BCUT2D eigenvalue weighted by molar-refractivity contribution is 5.96. The smallest absolute Gasteiger partial charge is 0.338 e. The number of hydrogen-bond acceptors (Lipinski definition) is 7. The molecule has 0 amide bonds. The van der Waals surface area contributed by atoms with Gasteiger partial charge in [-0.05, 0) is 54.4 Å². The maximum Gasteiger partial charge on any atom is 0.338 e. The third-order valence-electron chi connectivity index (χ3n) is 8.63. The number of carboxylic acids is 1. The largest absolute Gasteiger partial charge is 0.481 e. The normalized spacial score (nSPS) is 35.8. The van der Waals surface area contributed by atoms with E-state index >= 15 is 0 Å². The van der Waals surface area contributed by atoms with Gasteiger partial charge in [-0.2, -0.15) is 0 Å². The van der Waals surface area contributed by atoms with Crippen LogP contribution in [-0.4, -0.2) is 34.9 Å². The van der Waals surface area contributed by atoms with E-state index in [0.29, 0.717) is 24.8 Å². The van der Waals surface area contributed by atoms with Gasteiger partial charge in [-0.15, -0.1) is 0 Å². The van der Waals surface area contributed by atoms with Crippen LogP contribution < -0.4 is 0 Å². The molecule has 2 heterocycles. The number of carboxylic acid groups (broad SMARTS) is 1. The highest BCUT2D eigenvalue weighted by Crippen LogP contribution is 2.65. The van der Waals surface area contributed by atoms with Crippen LogP contribution in [0.5, 0.6) is 0 Å². The first kappa shape index (κ1) is 24.2. The summed E-state index contributed by atoms with van der Waals surface area (Å²) in [4.78, 5) is 52.3. The minimum atomic E-state index is -1.33. The lowest BCUT2D eigenvalue weighted by Crippen LogP contribution is -2.64. The van der Waals surface area contributed by atoms with E-state index in [1.54, 1.807) is 13.0 Å². The minimum Gasteiger partial charge on any atom is -0.481 e. The number of benzene rings is 1. The molecule has 36 heavy (non-hydrogen) atoms. The van der Waals surface area contributed by atoms with Crippen molar-refractivity contribution in [2.24, 2.45) is 28.6 Å². The third-order valence-corrected chi connectivity index (χ3v) is 8.63. The Morgan fingerprint density at radius 2 is 1.94 bits per heavy atom. The number of cyclic esters (lactones) is 1. The fourth-order valence-corrected chi connectivity index (χ4v) is 6.95. The van der Waals surface area contributed by atoms with E-state index < -0.39 is 70.3 Å². The fraction of sp³-hybridized carbons (Fsp3) is 0.481. The maximum absolute atomic E-state index is 14.0. The van der Waals surface area contributed by atoms with Gasteiger partial charge in [-0.25, -0.2) is 9.18 Å². The molecule has 1 N–H and O–H groups in total. The van der Waals surface area contributed by atoms with Gasteiger partial charge in [-0.1, -0.05) is 19.9 Å². The van der Waals surface area contributed by atoms with Crippen molar-refractivity contribution in [1.82, 2.24) is 0 Å². The highest BCUT2D eigenvalue weighted by atomic mass is 19.1. The number of hydrogen-bond donors (Lipinski definition) is 1. The van der Waals surface area contributed by atoms with Gasteiger partial charge in [0.25, 0.3) is 0 Å². The van der Waals surface area contributed by atoms with Gasteiger partial charge in [0, 0.05) is 17.9 Å². The van der Waals surface area contributed by atoms with Crippen LogP contribution in [0.1, 0.15) is 61.6 Å². The summed E-state index contributed by atoms with van der Waals surface area (Å²) < 4.78 is 30.0. The molecule has 1 aromatic carbocycles. The van der Waals surface area contributed by atoms with Crippen molar-refractivity contribution in [3.05, 3.63) is 59.8 Å². The number of ketones is 1. The highest BCUT2D eigenvalue weighted by Gasteiger charge is 2.67. The number of aliphatic carboxylic acids is 1. The van der Waals surface area contributed by atoms with Crippen LogP contribution in [0.3, 0.4) is 0 Å². The Labute approximate surface area is 206 Å². The van der Waals surface area contributed by atoms with E-state index in [2.05, 4.69) is 0 Å². The van der Waals surface area contributed by atoms with Crippen molar-refractivity contribution in [2.75, 3.05) is 0 Å². The van der Waals surface area contributed by atoms with Crippen molar-refractivity contribution < 1.29 is 42.6 Å². The zero-order valence-corrected chi connectivity index (χ0v) is 19.9. The van der Waals surface area contributed by atoms with Crippen LogP contribution in [0.4, 0.5) is 4.39 Å². The predicted molar refractivity (Wildman–Crippen MR) is 121 cm³/mol. The average molecular weight is 499 g/mol. The lowest BCUT2D eigenvalue weighted by molar-refractivity contribution is -0.207. The first-order valence-electron chi connectivity index (χ1n) is 12.0. The van der Waals surface area contributed by atoms with Gasteiger partial charge < -0.3 is 19.0 Å². The number of fused-ring (bicyclic) bond motifs is 3. The topological polar surface area (TPSA) is 120 Å². The number of Topliss-reactive ketones (excluding diaryl/α,β-unsaturated/α-hetero) is 1. The van der Waals surface area contributed by atoms with Crippen LogP contribution in [0.15, 0.2) is 47.3 Å². The second-order valence-electron chi connectivity index (χ2n) is 10.7. The first-order valence-corrected chi connectivity index (χ1v) is 12.0. The minimum absolute atomic E-state index is 0.0722. The number of carbonyl (C=O) groups is 4. The molecule has 3 aliphatic rings. The summed E-state index contributed by atoms with van der Waals surface area (Å²) in [6.07, 6.45) is 1.82. The van der Waals surface area contributed by atoms with Crippen molar-refractivity contribution in [3.8, 4) is 0 Å². The number of halogens is 1. The molecule has 1 aliphatic heterocycles. The molecule has 0 bridgehead atoms. The number of ether oxygens (including phenoxy) is 2. The molecule has 2 aliphatic carbocycles. The summed E-state index contributed by atoms with van der Waals surface area (Å²) in [6.45, 7) is 3.62. The van der Waals surface area contributed by atoms with Crippen molar-refractivity contribution in [3.63, 3.8) is 0 Å². The van der Waals surface area contributed by atoms with Crippen LogP contribution >= 0.6 is 0 Å². The van der Waals surface area contributed by atoms with Crippen molar-refractivity contribution in [2.45, 2.75) is 51.7 Å². The van der Waals surface area contributed by atoms with Gasteiger partial charge in [0.2, 0.25) is 0 Å². The third kappa shape index (κ3) is 3.72. The Morgan fingerprint density at radius 3 is 2.61 bits per heavy atom. The zero-order valence-electron chi connectivity index (χ0n) is 19.9. The van der Waals surface area contributed by atoms with Gasteiger partial charge >= 0.3 is 17.9 Å². The maximum atomic E-state index is 14.0. The molecule has 190 valence electrons. The summed E-state index contributed by atoms with van der Waals surface area (Å²) in [6, 6.07) is 6.58. The predicted octanol–water partition coefficient (Wildman–Crippen LogP) is 4.34. The summed E-state index contributed by atoms with van der Waals surface area (Å²) in [5, 5.41) is 10.2. The zero-order chi connectivity index (χ0) is 25.8. The second kappa shape index (κ2) is 8.57. The van der Waals surface area contributed by atoms with E-state index in [0.717, 1.165) is 6.07 Å². The summed E-state index contributed by atoms with van der Waals surface area (Å²) in [5.41, 5.74) is -1.30. The van der Waals surface area contributed by atoms with E-state index in [-0.39, 0.29) is 12.0 Å². The SMILES string of the molecule is CC12CCC3C(=O)OC(c4ccoc4)CC3(C)C1C(=O)C(OC(=O)c1cccc(F)c1)CC2C(=O)O. The Hall–Kier alpha value is -3.49. The van der Waals surface area contributed by atoms with E-state index in [9.17, 15) is 28.7 Å². The van der Waals surface area contributed by atoms with Gasteiger partial charge in [0.15, 0.2) is 11.9 Å². The first-order chi connectivity index (χ1) is 17.0. The molecule has 3 fully saturated rings. The van der Waals surface area contributed by atoms with E-state index in [1.807, 2.05) is 6.92 Å². The summed E-state index contributed by atoms with van der Waals surface area (Å²) >= 11 is 0. The van der Waals surface area contributed by atoms with Gasteiger partial charge in [0.1, 0.15) is 11.9 Å². The molecule has 2 saturated carbocycles. The standard InChI is InChI=1S/C27H27FO8/c1-26-8-6-17-25(33)36-20(15-7-9-34-13-15)12-27(17,2)22(26)21(29)19(11-18(26)23(30)31)35-24(32)14-4-3-5-16(28)10-14/h3-5,7,9-10,13,17-20,22H,6,8,11-12H2,1-2H3,(H,30,31). The van der Waals surface area contributed by atoms with Crippen molar-refractivity contribution >= 4 is 23.7 Å². The molecular formula is C27H27FO8.